The Morgan fingerprint density at radius 1 is 0.857 bits per heavy atom. The molecule has 0 radical (unpaired) electrons. The Kier molecular flexibility index (Phi) is 6.46. The largest absolute Gasteiger partial charge is 0.435 e. The number of nitrogens with zero attached hydrogens (tertiary/aromatic N) is 3. The van der Waals surface area contributed by atoms with E-state index in [9.17, 15) is 21.6 Å². The van der Waals surface area contributed by atoms with Crippen molar-refractivity contribution in [2.45, 2.75) is 18.0 Å². The van der Waals surface area contributed by atoms with Gasteiger partial charge >= 0.3 is 6.18 Å². The van der Waals surface area contributed by atoms with Crippen LogP contribution >= 0.6 is 0 Å². The molecule has 3 aromatic carbocycles. The van der Waals surface area contributed by atoms with Gasteiger partial charge in [0.15, 0.2) is 15.5 Å². The highest BCUT2D eigenvalue weighted by atomic mass is 32.2. The molecule has 4 rings (SSSR count). The van der Waals surface area contributed by atoms with E-state index in [1.165, 1.54) is 28.9 Å². The fraction of sp³-hybridized carbons (Fsp3) is 0.192. The molecule has 0 aliphatic carbocycles. The standard InChI is InChI=1S/C26H24F3N3O2S/c1-4-35(33,34)22-16-12-19(13-17-22)24-23(18-10-14-20(15-11-18)31(2)3)25(26(27,28)29)30-32(24)21-8-6-5-7-9-21/h5-17H,4H2,1-3H3. The van der Waals surface area contributed by atoms with E-state index in [-0.39, 0.29) is 21.9 Å². The van der Waals surface area contributed by atoms with Crippen LogP contribution in [0.1, 0.15) is 12.6 Å². The van der Waals surface area contributed by atoms with Gasteiger partial charge in [-0.25, -0.2) is 13.1 Å². The molecule has 182 valence electrons. The van der Waals surface area contributed by atoms with E-state index < -0.39 is 21.7 Å². The van der Waals surface area contributed by atoms with Gasteiger partial charge in [0.05, 0.1) is 22.0 Å². The van der Waals surface area contributed by atoms with Gasteiger partial charge in [-0.05, 0) is 42.0 Å². The summed E-state index contributed by atoms with van der Waals surface area (Å²) in [5.41, 5.74) is 1.20. The monoisotopic (exact) mass is 499 g/mol. The third-order valence-corrected chi connectivity index (χ3v) is 7.44. The van der Waals surface area contributed by atoms with E-state index in [1.807, 2.05) is 19.0 Å². The second-order valence-electron chi connectivity index (χ2n) is 8.19. The van der Waals surface area contributed by atoms with Gasteiger partial charge in [-0.3, -0.25) is 0 Å². The first-order chi connectivity index (χ1) is 16.5. The Morgan fingerprint density at radius 3 is 1.94 bits per heavy atom. The number of aromatic nitrogens is 2. The van der Waals surface area contributed by atoms with E-state index in [4.69, 9.17) is 0 Å². The Labute approximate surface area is 202 Å². The number of alkyl halides is 3. The molecule has 4 aromatic rings. The van der Waals surface area contributed by atoms with Crippen molar-refractivity contribution < 1.29 is 21.6 Å². The second-order valence-corrected chi connectivity index (χ2v) is 10.5. The van der Waals surface area contributed by atoms with Crippen LogP contribution in [0.25, 0.3) is 28.1 Å². The van der Waals surface area contributed by atoms with Crippen LogP contribution in [0.2, 0.25) is 0 Å². The Bertz CT molecular complexity index is 1430. The summed E-state index contributed by atoms with van der Waals surface area (Å²) in [6.07, 6.45) is -4.71. The summed E-state index contributed by atoms with van der Waals surface area (Å²) in [6.45, 7) is 1.54. The number of benzene rings is 3. The van der Waals surface area contributed by atoms with Crippen molar-refractivity contribution in [3.63, 3.8) is 0 Å². The molecule has 5 nitrogen and oxygen atoms in total. The lowest BCUT2D eigenvalue weighted by molar-refractivity contribution is -0.140. The summed E-state index contributed by atoms with van der Waals surface area (Å²) in [5.74, 6) is -0.0734. The molecule has 9 heteroatoms. The third kappa shape index (κ3) is 4.81. The molecule has 0 aliphatic heterocycles. The van der Waals surface area contributed by atoms with E-state index in [0.29, 0.717) is 16.8 Å². The first-order valence-corrected chi connectivity index (χ1v) is 12.5. The molecule has 0 unspecified atom stereocenters. The maximum Gasteiger partial charge on any atom is 0.435 e. The quantitative estimate of drug-likeness (QED) is 0.322. The average molecular weight is 500 g/mol. The summed E-state index contributed by atoms with van der Waals surface area (Å²) in [7, 11) is 0.237. The normalized spacial score (nSPS) is 12.1. The van der Waals surface area contributed by atoms with E-state index in [2.05, 4.69) is 5.10 Å². The zero-order valence-electron chi connectivity index (χ0n) is 19.4. The zero-order valence-corrected chi connectivity index (χ0v) is 20.2. The lowest BCUT2D eigenvalue weighted by Crippen LogP contribution is -2.09. The highest BCUT2D eigenvalue weighted by Crippen LogP contribution is 2.44. The SMILES string of the molecule is CCS(=O)(=O)c1ccc(-c2c(-c3ccc(N(C)C)cc3)c(C(F)(F)F)nn2-c2ccccc2)cc1. The molecule has 0 atom stereocenters. The fourth-order valence-corrected chi connectivity index (χ4v) is 4.71. The van der Waals surface area contributed by atoms with Crippen LogP contribution in [-0.4, -0.2) is 38.0 Å². The molecule has 0 aliphatic rings. The number of para-hydroxylation sites is 1. The predicted octanol–water partition coefficient (Wildman–Crippen LogP) is 6.08. The van der Waals surface area contributed by atoms with Gasteiger partial charge < -0.3 is 4.90 Å². The van der Waals surface area contributed by atoms with E-state index in [1.54, 1.807) is 61.5 Å². The van der Waals surface area contributed by atoms with Crippen molar-refractivity contribution in [2.75, 3.05) is 24.7 Å². The molecule has 0 bridgehead atoms. The fourth-order valence-electron chi connectivity index (χ4n) is 3.83. The van der Waals surface area contributed by atoms with E-state index >= 15 is 0 Å². The number of rotatable bonds is 6. The van der Waals surface area contributed by atoms with Gasteiger partial charge in [0, 0.05) is 30.9 Å². The van der Waals surface area contributed by atoms with Crippen molar-refractivity contribution in [1.82, 2.24) is 9.78 Å². The van der Waals surface area contributed by atoms with Gasteiger partial charge in [0.2, 0.25) is 0 Å². The molecule has 0 saturated heterocycles. The number of halogens is 3. The summed E-state index contributed by atoms with van der Waals surface area (Å²) >= 11 is 0. The number of anilines is 1. The van der Waals surface area contributed by atoms with Gasteiger partial charge in [-0.1, -0.05) is 49.4 Å². The zero-order chi connectivity index (χ0) is 25.4. The minimum Gasteiger partial charge on any atom is -0.378 e. The molecule has 1 aromatic heterocycles. The summed E-state index contributed by atoms with van der Waals surface area (Å²) < 4.78 is 68.6. The van der Waals surface area contributed by atoms with Crippen molar-refractivity contribution in [2.24, 2.45) is 0 Å². The maximum atomic E-state index is 14.3. The Hall–Kier alpha value is -3.59. The van der Waals surface area contributed by atoms with Crippen LogP contribution < -0.4 is 4.90 Å². The topological polar surface area (TPSA) is 55.2 Å². The van der Waals surface area contributed by atoms with Crippen molar-refractivity contribution in [3.8, 4) is 28.1 Å². The lowest BCUT2D eigenvalue weighted by atomic mass is 9.98. The molecule has 35 heavy (non-hydrogen) atoms. The maximum absolute atomic E-state index is 14.3. The van der Waals surface area contributed by atoms with Gasteiger partial charge in [0.1, 0.15) is 0 Å². The third-order valence-electron chi connectivity index (χ3n) is 5.69. The van der Waals surface area contributed by atoms with E-state index in [0.717, 1.165) is 5.69 Å². The van der Waals surface area contributed by atoms with Crippen LogP contribution in [0.4, 0.5) is 18.9 Å². The molecule has 1 heterocycles. The highest BCUT2D eigenvalue weighted by Gasteiger charge is 2.40. The van der Waals surface area contributed by atoms with Gasteiger partial charge in [-0.2, -0.15) is 18.3 Å². The number of sulfone groups is 1. The summed E-state index contributed by atoms with van der Waals surface area (Å²) in [4.78, 5) is 1.97. The molecule has 0 spiro atoms. The van der Waals surface area contributed by atoms with Crippen LogP contribution in [0.5, 0.6) is 0 Å². The molecule has 0 N–H and O–H groups in total. The van der Waals surface area contributed by atoms with Crippen LogP contribution in [-0.2, 0) is 16.0 Å². The molecule has 0 amide bonds. The van der Waals surface area contributed by atoms with Gasteiger partial charge in [-0.15, -0.1) is 0 Å². The Morgan fingerprint density at radius 2 is 1.43 bits per heavy atom. The minimum atomic E-state index is -4.71. The first kappa shape index (κ1) is 24.5. The van der Waals surface area contributed by atoms with Crippen LogP contribution in [0.15, 0.2) is 83.8 Å². The minimum absolute atomic E-state index is 0.0715. The summed E-state index contributed by atoms with van der Waals surface area (Å²) in [5, 5.41) is 4.01. The van der Waals surface area contributed by atoms with Crippen LogP contribution in [0.3, 0.4) is 0 Å². The van der Waals surface area contributed by atoms with Crippen molar-refractivity contribution in [3.05, 3.63) is 84.6 Å². The van der Waals surface area contributed by atoms with Crippen molar-refractivity contribution >= 4 is 15.5 Å². The number of hydrogen-bond acceptors (Lipinski definition) is 4. The van der Waals surface area contributed by atoms with Crippen molar-refractivity contribution in [1.29, 1.82) is 0 Å². The molecule has 0 fully saturated rings. The smallest absolute Gasteiger partial charge is 0.378 e. The molecular weight excluding hydrogens is 475 g/mol. The average Bonchev–Trinajstić information content (AvgIpc) is 3.26. The highest BCUT2D eigenvalue weighted by molar-refractivity contribution is 7.91. The summed E-state index contributed by atoms with van der Waals surface area (Å²) in [6, 6.07) is 21.2. The molecular formula is C26H24F3N3O2S. The lowest BCUT2D eigenvalue weighted by Gasteiger charge is -2.15. The molecule has 0 saturated carbocycles. The number of hydrogen-bond donors (Lipinski definition) is 0. The Balaban J connectivity index is 2.03. The van der Waals surface area contributed by atoms with Gasteiger partial charge in [0.25, 0.3) is 0 Å². The predicted molar refractivity (Wildman–Crippen MR) is 131 cm³/mol. The van der Waals surface area contributed by atoms with Crippen LogP contribution in [0, 0.1) is 0 Å². The first-order valence-electron chi connectivity index (χ1n) is 10.9. The second kappa shape index (κ2) is 9.22.